The average molecular weight is 329 g/mol. The maximum Gasteiger partial charge on any atom is 0.0897 e. The standard InChI is InChI=1S/C19H27N3O2/c1-15-11-21-22(13-15)10-9-20-12-17(23)14-24-19-8-4-6-16-5-2-3-7-18(16)19/h2-3,5,7,11,13,17,19-20,23H,4,6,8-10,12,14H2,1H3/t17-,19+/m1/s1. The summed E-state index contributed by atoms with van der Waals surface area (Å²) in [6.07, 6.45) is 6.82. The Morgan fingerprint density at radius 3 is 3.12 bits per heavy atom. The lowest BCUT2D eigenvalue weighted by Crippen LogP contribution is -2.33. The van der Waals surface area contributed by atoms with Gasteiger partial charge in [0.2, 0.25) is 0 Å². The number of nitrogens with one attached hydrogen (secondary N) is 1. The summed E-state index contributed by atoms with van der Waals surface area (Å²) < 4.78 is 7.89. The monoisotopic (exact) mass is 329 g/mol. The van der Waals surface area contributed by atoms with Crippen molar-refractivity contribution in [3.63, 3.8) is 0 Å². The van der Waals surface area contributed by atoms with E-state index >= 15 is 0 Å². The van der Waals surface area contributed by atoms with Crippen molar-refractivity contribution in [2.45, 2.75) is 44.9 Å². The normalized spacial score (nSPS) is 18.3. The Bertz CT molecular complexity index is 641. The van der Waals surface area contributed by atoms with E-state index in [1.54, 1.807) is 0 Å². The number of aromatic nitrogens is 2. The molecule has 0 aliphatic heterocycles. The number of fused-ring (bicyclic) bond motifs is 1. The van der Waals surface area contributed by atoms with Gasteiger partial charge in [-0.2, -0.15) is 5.10 Å². The molecule has 2 N–H and O–H groups in total. The number of nitrogens with zero attached hydrogens (tertiary/aromatic N) is 2. The van der Waals surface area contributed by atoms with E-state index in [-0.39, 0.29) is 6.10 Å². The predicted molar refractivity (Wildman–Crippen MR) is 93.9 cm³/mol. The number of benzene rings is 1. The number of aliphatic hydroxyl groups is 1. The molecule has 0 saturated heterocycles. The van der Waals surface area contributed by atoms with Gasteiger partial charge in [-0.1, -0.05) is 24.3 Å². The fourth-order valence-corrected chi connectivity index (χ4v) is 3.22. The van der Waals surface area contributed by atoms with E-state index in [0.717, 1.165) is 37.9 Å². The third kappa shape index (κ3) is 4.66. The molecule has 2 aromatic rings. The molecule has 0 bridgehead atoms. The molecule has 2 atom stereocenters. The number of hydrogen-bond acceptors (Lipinski definition) is 4. The van der Waals surface area contributed by atoms with Gasteiger partial charge >= 0.3 is 0 Å². The molecule has 0 unspecified atom stereocenters. The molecule has 0 amide bonds. The first-order valence-corrected chi connectivity index (χ1v) is 8.79. The highest BCUT2D eigenvalue weighted by Gasteiger charge is 2.21. The maximum absolute atomic E-state index is 10.1. The van der Waals surface area contributed by atoms with Gasteiger partial charge in [0.25, 0.3) is 0 Å². The second kappa shape index (κ2) is 8.42. The number of rotatable bonds is 8. The topological polar surface area (TPSA) is 59.3 Å². The Kier molecular flexibility index (Phi) is 6.01. The van der Waals surface area contributed by atoms with Gasteiger partial charge in [-0.05, 0) is 42.9 Å². The van der Waals surface area contributed by atoms with Crippen LogP contribution < -0.4 is 5.32 Å². The van der Waals surface area contributed by atoms with Gasteiger partial charge in [0, 0.05) is 19.3 Å². The van der Waals surface area contributed by atoms with E-state index in [4.69, 9.17) is 4.74 Å². The van der Waals surface area contributed by atoms with Crippen LogP contribution in [0.5, 0.6) is 0 Å². The first-order chi connectivity index (χ1) is 11.7. The van der Waals surface area contributed by atoms with E-state index in [0.29, 0.717) is 13.2 Å². The molecular formula is C19H27N3O2. The maximum atomic E-state index is 10.1. The third-order valence-electron chi connectivity index (χ3n) is 4.46. The molecule has 3 rings (SSSR count). The predicted octanol–water partition coefficient (Wildman–Crippen LogP) is 2.24. The van der Waals surface area contributed by atoms with Gasteiger partial charge in [-0.15, -0.1) is 0 Å². The average Bonchev–Trinajstić information content (AvgIpc) is 3.02. The zero-order valence-electron chi connectivity index (χ0n) is 14.3. The van der Waals surface area contributed by atoms with Crippen molar-refractivity contribution < 1.29 is 9.84 Å². The highest BCUT2D eigenvalue weighted by Crippen LogP contribution is 2.32. The van der Waals surface area contributed by atoms with Gasteiger partial charge in [-0.25, -0.2) is 0 Å². The first kappa shape index (κ1) is 17.1. The molecule has 0 radical (unpaired) electrons. The summed E-state index contributed by atoms with van der Waals surface area (Å²) in [6, 6.07) is 8.48. The van der Waals surface area contributed by atoms with Crippen molar-refractivity contribution in [1.82, 2.24) is 15.1 Å². The zero-order valence-corrected chi connectivity index (χ0v) is 14.3. The molecule has 5 heteroatoms. The van der Waals surface area contributed by atoms with Crippen LogP contribution in [0.4, 0.5) is 0 Å². The number of aryl methyl sites for hydroxylation is 2. The lowest BCUT2D eigenvalue weighted by molar-refractivity contribution is -0.0167. The van der Waals surface area contributed by atoms with Crippen molar-refractivity contribution in [3.8, 4) is 0 Å². The van der Waals surface area contributed by atoms with Crippen molar-refractivity contribution in [3.05, 3.63) is 53.3 Å². The smallest absolute Gasteiger partial charge is 0.0897 e. The summed E-state index contributed by atoms with van der Waals surface area (Å²) in [5.41, 5.74) is 3.84. The quantitative estimate of drug-likeness (QED) is 0.729. The summed E-state index contributed by atoms with van der Waals surface area (Å²) in [5, 5.41) is 17.6. The van der Waals surface area contributed by atoms with Crippen LogP contribution in [-0.4, -0.2) is 40.7 Å². The zero-order chi connectivity index (χ0) is 16.8. The van der Waals surface area contributed by atoms with E-state index in [2.05, 4.69) is 34.7 Å². The Morgan fingerprint density at radius 1 is 1.42 bits per heavy atom. The van der Waals surface area contributed by atoms with Gasteiger partial charge in [0.1, 0.15) is 0 Å². The second-order valence-corrected chi connectivity index (χ2v) is 6.55. The second-order valence-electron chi connectivity index (χ2n) is 6.55. The SMILES string of the molecule is Cc1cnn(CCNC[C@@H](O)CO[C@H]2CCCc3ccccc32)c1. The van der Waals surface area contributed by atoms with Crippen molar-refractivity contribution in [1.29, 1.82) is 0 Å². The van der Waals surface area contributed by atoms with Crippen LogP contribution >= 0.6 is 0 Å². The largest absolute Gasteiger partial charge is 0.389 e. The van der Waals surface area contributed by atoms with Crippen LogP contribution in [-0.2, 0) is 17.7 Å². The summed E-state index contributed by atoms with van der Waals surface area (Å²) >= 11 is 0. The molecule has 1 aromatic heterocycles. The van der Waals surface area contributed by atoms with Crippen molar-refractivity contribution in [2.75, 3.05) is 19.7 Å². The summed E-state index contributed by atoms with van der Waals surface area (Å²) in [4.78, 5) is 0. The summed E-state index contributed by atoms with van der Waals surface area (Å²) in [6.45, 7) is 4.52. The summed E-state index contributed by atoms with van der Waals surface area (Å²) in [5.74, 6) is 0. The van der Waals surface area contributed by atoms with Crippen LogP contribution in [0.25, 0.3) is 0 Å². The van der Waals surface area contributed by atoms with E-state index in [1.807, 2.05) is 24.0 Å². The minimum Gasteiger partial charge on any atom is -0.389 e. The lowest BCUT2D eigenvalue weighted by Gasteiger charge is -2.26. The van der Waals surface area contributed by atoms with E-state index < -0.39 is 6.10 Å². The molecule has 0 fully saturated rings. The van der Waals surface area contributed by atoms with Gasteiger partial charge in [0.05, 0.1) is 31.6 Å². The number of hydrogen-bond donors (Lipinski definition) is 2. The van der Waals surface area contributed by atoms with Gasteiger partial charge in [-0.3, -0.25) is 4.68 Å². The molecule has 0 spiro atoms. The molecule has 1 aliphatic carbocycles. The molecule has 24 heavy (non-hydrogen) atoms. The number of ether oxygens (including phenoxy) is 1. The van der Waals surface area contributed by atoms with Crippen LogP contribution in [0, 0.1) is 6.92 Å². The van der Waals surface area contributed by atoms with Crippen molar-refractivity contribution >= 4 is 0 Å². The van der Waals surface area contributed by atoms with Crippen molar-refractivity contribution in [2.24, 2.45) is 0 Å². The van der Waals surface area contributed by atoms with Gasteiger partial charge < -0.3 is 15.2 Å². The summed E-state index contributed by atoms with van der Waals surface area (Å²) in [7, 11) is 0. The molecule has 0 saturated carbocycles. The van der Waals surface area contributed by atoms with Gasteiger partial charge in [0.15, 0.2) is 0 Å². The van der Waals surface area contributed by atoms with E-state index in [9.17, 15) is 5.11 Å². The van der Waals surface area contributed by atoms with Crippen LogP contribution in [0.3, 0.4) is 0 Å². The molecule has 5 nitrogen and oxygen atoms in total. The number of aliphatic hydroxyl groups excluding tert-OH is 1. The molecular weight excluding hydrogens is 302 g/mol. The van der Waals surface area contributed by atoms with E-state index in [1.165, 1.54) is 11.1 Å². The Balaban J connectivity index is 1.36. The molecule has 1 aliphatic rings. The Labute approximate surface area is 143 Å². The van der Waals surface area contributed by atoms with Crippen LogP contribution in [0.1, 0.15) is 35.6 Å². The molecule has 1 heterocycles. The van der Waals surface area contributed by atoms with Crippen LogP contribution in [0.2, 0.25) is 0 Å². The molecule has 1 aromatic carbocycles. The molecule has 130 valence electrons. The fraction of sp³-hybridized carbons (Fsp3) is 0.526. The highest BCUT2D eigenvalue weighted by molar-refractivity contribution is 5.31. The first-order valence-electron chi connectivity index (χ1n) is 8.79. The Hall–Kier alpha value is -1.69. The third-order valence-corrected chi connectivity index (χ3v) is 4.46. The Morgan fingerprint density at radius 2 is 2.29 bits per heavy atom. The van der Waals surface area contributed by atoms with Crippen LogP contribution in [0.15, 0.2) is 36.7 Å². The fourth-order valence-electron chi connectivity index (χ4n) is 3.22. The minimum absolute atomic E-state index is 0.122. The highest BCUT2D eigenvalue weighted by atomic mass is 16.5. The lowest BCUT2D eigenvalue weighted by atomic mass is 9.89. The minimum atomic E-state index is -0.488.